The van der Waals surface area contributed by atoms with E-state index >= 15 is 0 Å². The first-order valence-electron chi connectivity index (χ1n) is 4.75. The number of hydrogen-bond acceptors (Lipinski definition) is 4. The third-order valence-electron chi connectivity index (χ3n) is 2.07. The first-order chi connectivity index (χ1) is 8.23. The molecular weight excluding hydrogens is 255 g/mol. The van der Waals surface area contributed by atoms with E-state index in [0.717, 1.165) is 6.07 Å². The fourth-order valence-electron chi connectivity index (χ4n) is 1.33. The van der Waals surface area contributed by atoms with E-state index in [2.05, 4.69) is 9.72 Å². The van der Waals surface area contributed by atoms with Gasteiger partial charge in [-0.05, 0) is 12.5 Å². The number of alkyl halides is 3. The summed E-state index contributed by atoms with van der Waals surface area (Å²) in [5.74, 6) is -2.03. The Morgan fingerprint density at radius 3 is 2.56 bits per heavy atom. The van der Waals surface area contributed by atoms with E-state index in [9.17, 15) is 18.0 Å². The van der Waals surface area contributed by atoms with Gasteiger partial charge in [0.05, 0.1) is 13.5 Å². The molecule has 0 aliphatic heterocycles. The highest BCUT2D eigenvalue weighted by Gasteiger charge is 2.32. The predicted octanol–water partition coefficient (Wildman–Crippen LogP) is 1.92. The van der Waals surface area contributed by atoms with E-state index in [4.69, 9.17) is 9.84 Å². The molecule has 8 heteroatoms. The van der Waals surface area contributed by atoms with Gasteiger partial charge in [-0.2, -0.15) is 4.98 Å². The number of aromatic nitrogens is 1. The summed E-state index contributed by atoms with van der Waals surface area (Å²) in [5.41, 5.74) is 0.503. The molecule has 0 aliphatic rings. The van der Waals surface area contributed by atoms with Crippen molar-refractivity contribution < 1.29 is 32.5 Å². The lowest BCUT2D eigenvalue weighted by atomic mass is 10.1. The second-order valence-corrected chi connectivity index (χ2v) is 3.37. The average molecular weight is 265 g/mol. The number of methoxy groups -OCH3 is 1. The normalized spacial score (nSPS) is 11.2. The standard InChI is InChI=1S/C10H10F3NO4/c1-5-6(4-8(15)16)3-7(14-9(5)17-2)18-10(11,12)13/h3H,4H2,1-2H3,(H,15,16). The van der Waals surface area contributed by atoms with Gasteiger partial charge in [-0.25, -0.2) is 0 Å². The first kappa shape index (κ1) is 14.1. The number of carboxylic acids is 1. The minimum atomic E-state index is -4.90. The topological polar surface area (TPSA) is 68.7 Å². The number of pyridine rings is 1. The summed E-state index contributed by atoms with van der Waals surface area (Å²) in [6.45, 7) is 1.50. The molecule has 0 fully saturated rings. The van der Waals surface area contributed by atoms with Gasteiger partial charge >= 0.3 is 12.3 Å². The molecule has 0 aliphatic carbocycles. The van der Waals surface area contributed by atoms with Crippen molar-refractivity contribution in [2.75, 3.05) is 7.11 Å². The summed E-state index contributed by atoms with van der Waals surface area (Å²) in [4.78, 5) is 14.1. The maximum absolute atomic E-state index is 12.1. The highest BCUT2D eigenvalue weighted by atomic mass is 19.4. The van der Waals surface area contributed by atoms with Crippen LogP contribution in [0.25, 0.3) is 0 Å². The van der Waals surface area contributed by atoms with Crippen molar-refractivity contribution in [3.8, 4) is 11.8 Å². The molecule has 0 saturated carbocycles. The number of hydrogen-bond donors (Lipinski definition) is 1. The van der Waals surface area contributed by atoms with Crippen LogP contribution in [0.15, 0.2) is 6.07 Å². The maximum Gasteiger partial charge on any atom is 0.574 e. The Labute approximate surface area is 100 Å². The largest absolute Gasteiger partial charge is 0.574 e. The predicted molar refractivity (Wildman–Crippen MR) is 53.5 cm³/mol. The maximum atomic E-state index is 12.1. The molecule has 0 atom stereocenters. The summed E-state index contributed by atoms with van der Waals surface area (Å²) in [5, 5.41) is 8.65. The lowest BCUT2D eigenvalue weighted by Gasteiger charge is -2.13. The molecule has 0 radical (unpaired) electrons. The minimum Gasteiger partial charge on any atom is -0.481 e. The third-order valence-corrected chi connectivity index (χ3v) is 2.07. The van der Waals surface area contributed by atoms with Crippen molar-refractivity contribution in [2.45, 2.75) is 19.7 Å². The molecule has 0 unspecified atom stereocenters. The zero-order valence-electron chi connectivity index (χ0n) is 9.54. The van der Waals surface area contributed by atoms with Crippen LogP contribution in [0.2, 0.25) is 0 Å². The van der Waals surface area contributed by atoms with Crippen LogP contribution in [0.5, 0.6) is 11.8 Å². The molecular formula is C10H10F3NO4. The Morgan fingerprint density at radius 2 is 2.11 bits per heavy atom. The van der Waals surface area contributed by atoms with Crippen LogP contribution in [-0.4, -0.2) is 29.5 Å². The molecule has 1 aromatic rings. The molecule has 18 heavy (non-hydrogen) atoms. The van der Waals surface area contributed by atoms with Crippen LogP contribution in [0.4, 0.5) is 13.2 Å². The molecule has 0 aromatic carbocycles. The van der Waals surface area contributed by atoms with Gasteiger partial charge in [0.1, 0.15) is 0 Å². The van der Waals surface area contributed by atoms with Gasteiger partial charge in [0.25, 0.3) is 0 Å². The van der Waals surface area contributed by atoms with Gasteiger partial charge in [0.15, 0.2) is 0 Å². The number of aliphatic carboxylic acids is 1. The van der Waals surface area contributed by atoms with Gasteiger partial charge in [-0.15, -0.1) is 13.2 Å². The van der Waals surface area contributed by atoms with Gasteiger partial charge in [-0.3, -0.25) is 4.79 Å². The molecule has 0 spiro atoms. The van der Waals surface area contributed by atoms with Crippen molar-refractivity contribution in [3.05, 3.63) is 17.2 Å². The molecule has 0 amide bonds. The number of ether oxygens (including phenoxy) is 2. The fourth-order valence-corrected chi connectivity index (χ4v) is 1.33. The molecule has 0 saturated heterocycles. The molecule has 1 heterocycles. The van der Waals surface area contributed by atoms with Gasteiger partial charge in [-0.1, -0.05) is 0 Å². The highest BCUT2D eigenvalue weighted by molar-refractivity contribution is 5.71. The first-order valence-corrected chi connectivity index (χ1v) is 4.75. The summed E-state index contributed by atoms with van der Waals surface area (Å²) in [6, 6.07) is 0.930. The van der Waals surface area contributed by atoms with E-state index in [1.807, 2.05) is 0 Å². The molecule has 0 bridgehead atoms. The van der Waals surface area contributed by atoms with Crippen molar-refractivity contribution in [2.24, 2.45) is 0 Å². The van der Waals surface area contributed by atoms with E-state index in [1.54, 1.807) is 0 Å². The number of carboxylic acid groups (broad SMARTS) is 1. The Morgan fingerprint density at radius 1 is 1.50 bits per heavy atom. The number of carbonyl (C=O) groups is 1. The zero-order valence-corrected chi connectivity index (χ0v) is 9.54. The van der Waals surface area contributed by atoms with Crippen LogP contribution in [-0.2, 0) is 11.2 Å². The van der Waals surface area contributed by atoms with Crippen molar-refractivity contribution in [3.63, 3.8) is 0 Å². The molecule has 1 aromatic heterocycles. The lowest BCUT2D eigenvalue weighted by Crippen LogP contribution is -2.18. The van der Waals surface area contributed by atoms with Crippen molar-refractivity contribution in [1.29, 1.82) is 0 Å². The van der Waals surface area contributed by atoms with Crippen LogP contribution >= 0.6 is 0 Å². The van der Waals surface area contributed by atoms with Crippen molar-refractivity contribution in [1.82, 2.24) is 4.98 Å². The SMILES string of the molecule is COc1nc(OC(F)(F)F)cc(CC(=O)O)c1C. The second-order valence-electron chi connectivity index (χ2n) is 3.37. The Hall–Kier alpha value is -1.99. The molecule has 5 nitrogen and oxygen atoms in total. The minimum absolute atomic E-state index is 0.104. The second kappa shape index (κ2) is 5.11. The Bertz CT molecular complexity index is 459. The monoisotopic (exact) mass is 265 g/mol. The van der Waals surface area contributed by atoms with Crippen LogP contribution < -0.4 is 9.47 Å². The van der Waals surface area contributed by atoms with E-state index in [-0.39, 0.29) is 11.4 Å². The number of rotatable bonds is 4. The quantitative estimate of drug-likeness (QED) is 0.900. The Balaban J connectivity index is 3.17. The summed E-state index contributed by atoms with van der Waals surface area (Å²) >= 11 is 0. The van der Waals surface area contributed by atoms with Crippen molar-refractivity contribution >= 4 is 5.97 Å². The van der Waals surface area contributed by atoms with Crippen LogP contribution in [0.3, 0.4) is 0 Å². The summed E-state index contributed by atoms with van der Waals surface area (Å²) in [7, 11) is 1.22. The van der Waals surface area contributed by atoms with Crippen LogP contribution in [0.1, 0.15) is 11.1 Å². The fraction of sp³-hybridized carbons (Fsp3) is 0.400. The highest BCUT2D eigenvalue weighted by Crippen LogP contribution is 2.28. The zero-order chi connectivity index (χ0) is 13.9. The van der Waals surface area contributed by atoms with Gasteiger partial charge < -0.3 is 14.6 Å². The van der Waals surface area contributed by atoms with E-state index < -0.39 is 24.6 Å². The molecule has 100 valence electrons. The third kappa shape index (κ3) is 3.79. The van der Waals surface area contributed by atoms with Crippen LogP contribution in [0, 0.1) is 6.92 Å². The smallest absolute Gasteiger partial charge is 0.481 e. The van der Waals surface area contributed by atoms with Gasteiger partial charge in [0, 0.05) is 11.6 Å². The Kier molecular flexibility index (Phi) is 4.00. The van der Waals surface area contributed by atoms with E-state index in [0.29, 0.717) is 5.56 Å². The molecule has 1 N–H and O–H groups in total. The van der Waals surface area contributed by atoms with Gasteiger partial charge in [0.2, 0.25) is 11.8 Å². The summed E-state index contributed by atoms with van der Waals surface area (Å²) in [6.07, 6.45) is -5.34. The number of halogens is 3. The summed E-state index contributed by atoms with van der Waals surface area (Å²) < 4.78 is 44.6. The lowest BCUT2D eigenvalue weighted by molar-refractivity contribution is -0.276. The molecule has 1 rings (SSSR count). The average Bonchev–Trinajstić information content (AvgIpc) is 2.19. The van der Waals surface area contributed by atoms with E-state index in [1.165, 1.54) is 14.0 Å². The number of nitrogens with zero attached hydrogens (tertiary/aromatic N) is 1.